The molecule has 6 heteroatoms. The first-order chi connectivity index (χ1) is 11.4. The molecule has 1 N–H and O–H groups in total. The topological polar surface area (TPSA) is 55.4 Å². The molecule has 0 atom stereocenters. The van der Waals surface area contributed by atoms with Crippen LogP contribution in [0.4, 0.5) is 10.1 Å². The van der Waals surface area contributed by atoms with Gasteiger partial charge in [-0.25, -0.2) is 9.18 Å². The van der Waals surface area contributed by atoms with Gasteiger partial charge >= 0.3 is 5.97 Å². The molecule has 0 radical (unpaired) electrons. The number of carbonyl (C=O) groups is 2. The van der Waals surface area contributed by atoms with Crippen LogP contribution in [-0.4, -0.2) is 18.5 Å². The van der Waals surface area contributed by atoms with Gasteiger partial charge in [-0.15, -0.1) is 0 Å². The average molecular weight is 392 g/mol. The Balaban J connectivity index is 1.81. The van der Waals surface area contributed by atoms with Crippen molar-refractivity contribution in [3.63, 3.8) is 0 Å². The molecule has 0 saturated carbocycles. The van der Waals surface area contributed by atoms with E-state index in [9.17, 15) is 14.0 Å². The predicted molar refractivity (Wildman–Crippen MR) is 93.9 cm³/mol. The highest BCUT2D eigenvalue weighted by molar-refractivity contribution is 9.10. The minimum absolute atomic E-state index is 0.310. The maximum atomic E-state index is 13.4. The number of hydrogen-bond acceptors (Lipinski definition) is 3. The van der Waals surface area contributed by atoms with Gasteiger partial charge in [0, 0.05) is 16.2 Å². The number of nitrogens with one attached hydrogen (secondary N) is 1. The van der Waals surface area contributed by atoms with Gasteiger partial charge in [-0.05, 0) is 48.4 Å². The first-order valence-electron chi connectivity index (χ1n) is 7.10. The molecule has 0 aliphatic carbocycles. The molecule has 0 aromatic heterocycles. The third-order valence-corrected chi connectivity index (χ3v) is 3.61. The van der Waals surface area contributed by atoms with Crippen LogP contribution in [0.5, 0.6) is 0 Å². The Kier molecular flexibility index (Phi) is 6.26. The predicted octanol–water partition coefficient (Wildman–Crippen LogP) is 4.09. The summed E-state index contributed by atoms with van der Waals surface area (Å²) in [5, 5.41) is 2.46. The minimum Gasteiger partial charge on any atom is -0.452 e. The maximum Gasteiger partial charge on any atom is 0.331 e. The molecular formula is C18H15BrFNO3. The van der Waals surface area contributed by atoms with Crippen molar-refractivity contribution in [2.24, 2.45) is 0 Å². The first-order valence-corrected chi connectivity index (χ1v) is 7.90. The second-order valence-electron chi connectivity index (χ2n) is 5.00. The lowest BCUT2D eigenvalue weighted by Crippen LogP contribution is -2.20. The quantitative estimate of drug-likeness (QED) is 0.616. The standard InChI is InChI=1S/C18H15BrFNO3/c1-12-2-8-15(10-16(12)20)21-17(22)11-24-18(23)9-5-13-3-6-14(19)7-4-13/h2-10H,11H2,1H3,(H,21,22)/b9-5+. The number of ether oxygens (including phenoxy) is 1. The Bertz CT molecular complexity index is 772. The van der Waals surface area contributed by atoms with Crippen molar-refractivity contribution >= 4 is 39.6 Å². The maximum absolute atomic E-state index is 13.4. The number of aryl methyl sites for hydroxylation is 1. The number of rotatable bonds is 5. The molecular weight excluding hydrogens is 377 g/mol. The van der Waals surface area contributed by atoms with Crippen LogP contribution in [0.25, 0.3) is 6.08 Å². The van der Waals surface area contributed by atoms with Crippen molar-refractivity contribution in [1.29, 1.82) is 0 Å². The number of carbonyl (C=O) groups excluding carboxylic acids is 2. The number of benzene rings is 2. The fraction of sp³-hybridized carbons (Fsp3) is 0.111. The summed E-state index contributed by atoms with van der Waals surface area (Å²) in [5.41, 5.74) is 1.62. The number of anilines is 1. The zero-order valence-electron chi connectivity index (χ0n) is 12.9. The molecule has 0 spiro atoms. The summed E-state index contributed by atoms with van der Waals surface area (Å²) in [5.74, 6) is -1.59. The van der Waals surface area contributed by atoms with E-state index in [1.54, 1.807) is 25.1 Å². The molecule has 0 unspecified atom stereocenters. The van der Waals surface area contributed by atoms with E-state index in [0.717, 1.165) is 10.0 Å². The molecule has 0 heterocycles. The normalized spacial score (nSPS) is 10.6. The number of hydrogen-bond donors (Lipinski definition) is 1. The molecule has 2 aromatic carbocycles. The van der Waals surface area contributed by atoms with Crippen LogP contribution < -0.4 is 5.32 Å². The van der Waals surface area contributed by atoms with Crippen molar-refractivity contribution in [1.82, 2.24) is 0 Å². The summed E-state index contributed by atoms with van der Waals surface area (Å²) < 4.78 is 19.2. The average Bonchev–Trinajstić information content (AvgIpc) is 2.56. The van der Waals surface area contributed by atoms with Crippen molar-refractivity contribution in [3.05, 3.63) is 70.0 Å². The zero-order chi connectivity index (χ0) is 17.5. The van der Waals surface area contributed by atoms with Crippen LogP contribution in [-0.2, 0) is 14.3 Å². The second kappa shape index (κ2) is 8.40. The van der Waals surface area contributed by atoms with Crippen molar-refractivity contribution in [2.75, 3.05) is 11.9 Å². The van der Waals surface area contributed by atoms with Gasteiger partial charge in [-0.2, -0.15) is 0 Å². The largest absolute Gasteiger partial charge is 0.452 e. The lowest BCUT2D eigenvalue weighted by atomic mass is 10.2. The van der Waals surface area contributed by atoms with Gasteiger partial charge in [0.15, 0.2) is 6.61 Å². The van der Waals surface area contributed by atoms with Gasteiger partial charge in [0.05, 0.1) is 0 Å². The van der Waals surface area contributed by atoms with Crippen molar-refractivity contribution in [3.8, 4) is 0 Å². The number of amides is 1. The van der Waals surface area contributed by atoms with Crippen molar-refractivity contribution in [2.45, 2.75) is 6.92 Å². The summed E-state index contributed by atoms with van der Waals surface area (Å²) in [6.07, 6.45) is 2.82. The second-order valence-corrected chi connectivity index (χ2v) is 5.92. The van der Waals surface area contributed by atoms with Crippen molar-refractivity contribution < 1.29 is 18.7 Å². The molecule has 0 aliphatic heterocycles. The highest BCUT2D eigenvalue weighted by Crippen LogP contribution is 2.13. The summed E-state index contributed by atoms with van der Waals surface area (Å²) in [4.78, 5) is 23.3. The lowest BCUT2D eigenvalue weighted by molar-refractivity contribution is -0.142. The van der Waals surface area contributed by atoms with Crippen LogP contribution in [0, 0.1) is 12.7 Å². The van der Waals surface area contributed by atoms with Gasteiger partial charge in [-0.3, -0.25) is 4.79 Å². The molecule has 0 saturated heterocycles. The van der Waals surface area contributed by atoms with Gasteiger partial charge in [-0.1, -0.05) is 34.1 Å². The van der Waals surface area contributed by atoms with E-state index in [0.29, 0.717) is 11.3 Å². The monoisotopic (exact) mass is 391 g/mol. The molecule has 0 fully saturated rings. The highest BCUT2D eigenvalue weighted by atomic mass is 79.9. The van der Waals surface area contributed by atoms with Gasteiger partial charge in [0.2, 0.25) is 0 Å². The lowest BCUT2D eigenvalue weighted by Gasteiger charge is -2.06. The van der Waals surface area contributed by atoms with Crippen LogP contribution in [0.1, 0.15) is 11.1 Å². The molecule has 4 nitrogen and oxygen atoms in total. The Morgan fingerprint density at radius 3 is 2.58 bits per heavy atom. The third-order valence-electron chi connectivity index (χ3n) is 3.08. The highest BCUT2D eigenvalue weighted by Gasteiger charge is 2.07. The zero-order valence-corrected chi connectivity index (χ0v) is 14.5. The van der Waals surface area contributed by atoms with E-state index in [-0.39, 0.29) is 0 Å². The van der Waals surface area contributed by atoms with Crippen LogP contribution in [0.15, 0.2) is 53.0 Å². The van der Waals surface area contributed by atoms with E-state index >= 15 is 0 Å². The van der Waals surface area contributed by atoms with Crippen LogP contribution >= 0.6 is 15.9 Å². The van der Waals surface area contributed by atoms with E-state index in [2.05, 4.69) is 21.2 Å². The van der Waals surface area contributed by atoms with Crippen LogP contribution in [0.2, 0.25) is 0 Å². The third kappa shape index (κ3) is 5.62. The number of esters is 1. The Morgan fingerprint density at radius 2 is 1.92 bits per heavy atom. The fourth-order valence-electron chi connectivity index (χ4n) is 1.79. The van der Waals surface area contributed by atoms with Gasteiger partial charge in [0.25, 0.3) is 5.91 Å². The molecule has 124 valence electrons. The number of halogens is 2. The van der Waals surface area contributed by atoms with E-state index in [1.165, 1.54) is 12.1 Å². The minimum atomic E-state index is -0.636. The van der Waals surface area contributed by atoms with Crippen LogP contribution in [0.3, 0.4) is 0 Å². The smallest absolute Gasteiger partial charge is 0.331 e. The SMILES string of the molecule is Cc1ccc(NC(=O)COC(=O)/C=C/c2ccc(Br)cc2)cc1F. The Morgan fingerprint density at radius 1 is 1.21 bits per heavy atom. The molecule has 24 heavy (non-hydrogen) atoms. The molecule has 2 aromatic rings. The van der Waals surface area contributed by atoms with Gasteiger partial charge in [0.1, 0.15) is 5.82 Å². The fourth-order valence-corrected chi connectivity index (χ4v) is 2.05. The molecule has 1 amide bonds. The van der Waals surface area contributed by atoms with E-state index in [1.807, 2.05) is 24.3 Å². The summed E-state index contributed by atoms with van der Waals surface area (Å²) in [6.45, 7) is 1.18. The first kappa shape index (κ1) is 17.9. The summed E-state index contributed by atoms with van der Waals surface area (Å²) >= 11 is 3.32. The molecule has 0 aliphatic rings. The Hall–Kier alpha value is -2.47. The van der Waals surface area contributed by atoms with E-state index in [4.69, 9.17) is 4.74 Å². The van der Waals surface area contributed by atoms with E-state index < -0.39 is 24.3 Å². The Labute approximate surface area is 147 Å². The summed E-state index contributed by atoms with van der Waals surface area (Å²) in [7, 11) is 0. The molecule has 2 rings (SSSR count). The van der Waals surface area contributed by atoms with Gasteiger partial charge < -0.3 is 10.1 Å². The summed E-state index contributed by atoms with van der Waals surface area (Å²) in [6, 6.07) is 11.7. The molecule has 0 bridgehead atoms.